The van der Waals surface area contributed by atoms with Crippen LogP contribution in [0.25, 0.3) is 0 Å². The summed E-state index contributed by atoms with van der Waals surface area (Å²) in [5.74, 6) is 8.08. The molecule has 0 spiro atoms. The first-order valence-electron chi connectivity index (χ1n) is 12.1. The van der Waals surface area contributed by atoms with Gasteiger partial charge in [0.1, 0.15) is 0 Å². The SMILES string of the molecule is C=C(C)C1CCC2C3CCC4CC(C(C)C)CCC4C3CCC12C.CC. The molecule has 0 heteroatoms. The van der Waals surface area contributed by atoms with E-state index in [2.05, 4.69) is 34.3 Å². The van der Waals surface area contributed by atoms with Crippen molar-refractivity contribution in [1.82, 2.24) is 0 Å². The summed E-state index contributed by atoms with van der Waals surface area (Å²) >= 11 is 0. The minimum atomic E-state index is 0.592. The lowest BCUT2D eigenvalue weighted by Crippen LogP contribution is -2.48. The number of allylic oxidation sites excluding steroid dienone is 1. The summed E-state index contributed by atoms with van der Waals surface area (Å²) < 4.78 is 0. The predicted molar refractivity (Wildman–Crippen MR) is 115 cm³/mol. The monoisotopic (exact) mass is 358 g/mol. The fourth-order valence-electron chi connectivity index (χ4n) is 8.30. The van der Waals surface area contributed by atoms with Crippen LogP contribution in [0.1, 0.15) is 99.3 Å². The van der Waals surface area contributed by atoms with Gasteiger partial charge < -0.3 is 0 Å². The Labute approximate surface area is 164 Å². The molecular weight excluding hydrogens is 312 g/mol. The second-order valence-corrected chi connectivity index (χ2v) is 10.8. The maximum absolute atomic E-state index is 4.37. The quantitative estimate of drug-likeness (QED) is 0.437. The molecular formula is C26H46. The second-order valence-electron chi connectivity index (χ2n) is 10.8. The predicted octanol–water partition coefficient (Wildman–Crippen LogP) is 8.13. The first-order chi connectivity index (χ1) is 12.4. The third kappa shape index (κ3) is 3.33. The average Bonchev–Trinajstić information content (AvgIpc) is 3.00. The molecule has 4 fully saturated rings. The summed E-state index contributed by atoms with van der Waals surface area (Å²) in [5, 5.41) is 0. The van der Waals surface area contributed by atoms with Crippen molar-refractivity contribution in [3.05, 3.63) is 12.2 Å². The first-order valence-corrected chi connectivity index (χ1v) is 12.1. The van der Waals surface area contributed by atoms with Crippen LogP contribution in [0.4, 0.5) is 0 Å². The van der Waals surface area contributed by atoms with Gasteiger partial charge in [0.25, 0.3) is 0 Å². The standard InChI is InChI=1S/C24H40.C2H6/c1-15(2)17-6-8-19-18(14-17)7-9-21-20(19)12-13-24(5)22(16(3)4)10-11-23(21)24;1-2/h15,17-23H,3,6-14H2,1-2,4-5H3;1-2H3. The molecule has 4 aliphatic carbocycles. The van der Waals surface area contributed by atoms with Crippen LogP contribution < -0.4 is 0 Å². The third-order valence-electron chi connectivity index (χ3n) is 9.53. The van der Waals surface area contributed by atoms with Crippen LogP contribution in [0.15, 0.2) is 12.2 Å². The fourth-order valence-corrected chi connectivity index (χ4v) is 8.30. The van der Waals surface area contributed by atoms with Gasteiger partial charge in [-0.2, -0.15) is 0 Å². The van der Waals surface area contributed by atoms with Crippen LogP contribution >= 0.6 is 0 Å². The van der Waals surface area contributed by atoms with Crippen molar-refractivity contribution in [2.75, 3.05) is 0 Å². The number of rotatable bonds is 2. The van der Waals surface area contributed by atoms with Crippen LogP contribution in [-0.2, 0) is 0 Å². The van der Waals surface area contributed by atoms with Crippen LogP contribution in [0.2, 0.25) is 0 Å². The smallest absolute Gasteiger partial charge is 0.0152 e. The number of hydrogen-bond acceptors (Lipinski definition) is 0. The molecule has 0 aliphatic heterocycles. The first kappa shape index (κ1) is 20.5. The third-order valence-corrected chi connectivity index (χ3v) is 9.53. The van der Waals surface area contributed by atoms with Gasteiger partial charge >= 0.3 is 0 Å². The summed E-state index contributed by atoms with van der Waals surface area (Å²) in [6.07, 6.45) is 13.7. The Morgan fingerprint density at radius 1 is 0.885 bits per heavy atom. The van der Waals surface area contributed by atoms with Crippen molar-refractivity contribution in [3.8, 4) is 0 Å². The van der Waals surface area contributed by atoms with E-state index >= 15 is 0 Å². The molecule has 8 atom stereocenters. The van der Waals surface area contributed by atoms with Crippen molar-refractivity contribution in [2.45, 2.75) is 99.3 Å². The lowest BCUT2D eigenvalue weighted by atomic mass is 9.49. The highest BCUT2D eigenvalue weighted by Crippen LogP contribution is 2.65. The summed E-state index contributed by atoms with van der Waals surface area (Å²) in [5.41, 5.74) is 2.07. The number of hydrogen-bond donors (Lipinski definition) is 0. The molecule has 4 aliphatic rings. The zero-order valence-electron chi connectivity index (χ0n) is 18.7. The van der Waals surface area contributed by atoms with Gasteiger partial charge in [0.2, 0.25) is 0 Å². The summed E-state index contributed by atoms with van der Waals surface area (Å²) in [7, 11) is 0. The van der Waals surface area contributed by atoms with E-state index in [4.69, 9.17) is 0 Å². The Morgan fingerprint density at radius 2 is 1.58 bits per heavy atom. The van der Waals surface area contributed by atoms with Gasteiger partial charge in [-0.05, 0) is 117 Å². The maximum Gasteiger partial charge on any atom is -0.0152 e. The highest BCUT2D eigenvalue weighted by Gasteiger charge is 2.56. The van der Waals surface area contributed by atoms with Gasteiger partial charge in [-0.15, -0.1) is 0 Å². The molecule has 4 saturated carbocycles. The van der Waals surface area contributed by atoms with Crippen molar-refractivity contribution in [1.29, 1.82) is 0 Å². The van der Waals surface area contributed by atoms with E-state index < -0.39 is 0 Å². The molecule has 0 aromatic heterocycles. The van der Waals surface area contributed by atoms with Gasteiger partial charge in [-0.3, -0.25) is 0 Å². The molecule has 8 unspecified atom stereocenters. The highest BCUT2D eigenvalue weighted by molar-refractivity contribution is 5.13. The number of fused-ring (bicyclic) bond motifs is 5. The summed E-state index contributed by atoms with van der Waals surface area (Å²) in [6.45, 7) is 18.2. The Balaban J connectivity index is 0.000000948. The molecule has 0 aromatic rings. The van der Waals surface area contributed by atoms with Crippen LogP contribution in [0.3, 0.4) is 0 Å². The minimum Gasteiger partial charge on any atom is -0.0998 e. The molecule has 0 radical (unpaired) electrons. The lowest BCUT2D eigenvalue weighted by Gasteiger charge is -2.56. The Kier molecular flexibility index (Phi) is 6.30. The maximum atomic E-state index is 4.37. The highest BCUT2D eigenvalue weighted by atomic mass is 14.6. The van der Waals surface area contributed by atoms with E-state index in [1.54, 1.807) is 25.7 Å². The van der Waals surface area contributed by atoms with Crippen LogP contribution in [0.5, 0.6) is 0 Å². The molecule has 0 heterocycles. The molecule has 0 amide bonds. The van der Waals surface area contributed by atoms with Crippen molar-refractivity contribution < 1.29 is 0 Å². The van der Waals surface area contributed by atoms with Crippen molar-refractivity contribution in [2.24, 2.45) is 52.8 Å². The molecule has 0 saturated heterocycles. The van der Waals surface area contributed by atoms with Gasteiger partial charge in [0, 0.05) is 0 Å². The van der Waals surface area contributed by atoms with Gasteiger partial charge in [-0.25, -0.2) is 0 Å². The molecule has 150 valence electrons. The van der Waals surface area contributed by atoms with Crippen LogP contribution in [-0.4, -0.2) is 0 Å². The largest absolute Gasteiger partial charge is 0.0998 e. The summed E-state index contributed by atoms with van der Waals surface area (Å²) in [6, 6.07) is 0. The minimum absolute atomic E-state index is 0.592. The zero-order chi connectivity index (χ0) is 19.1. The fraction of sp³-hybridized carbons (Fsp3) is 0.923. The second kappa shape index (κ2) is 8.00. The molecule has 0 N–H and O–H groups in total. The molecule has 0 bridgehead atoms. The topological polar surface area (TPSA) is 0 Å². The Morgan fingerprint density at radius 3 is 2.23 bits per heavy atom. The van der Waals surface area contributed by atoms with E-state index in [9.17, 15) is 0 Å². The zero-order valence-corrected chi connectivity index (χ0v) is 18.7. The van der Waals surface area contributed by atoms with Gasteiger partial charge in [0.15, 0.2) is 0 Å². The van der Waals surface area contributed by atoms with Gasteiger partial charge in [0.05, 0.1) is 0 Å². The van der Waals surface area contributed by atoms with Crippen molar-refractivity contribution in [3.63, 3.8) is 0 Å². The van der Waals surface area contributed by atoms with E-state index in [-0.39, 0.29) is 0 Å². The van der Waals surface area contributed by atoms with Crippen molar-refractivity contribution >= 4 is 0 Å². The van der Waals surface area contributed by atoms with E-state index in [1.807, 2.05) is 13.8 Å². The molecule has 4 rings (SSSR count). The van der Waals surface area contributed by atoms with Gasteiger partial charge in [-0.1, -0.05) is 46.8 Å². The molecule has 26 heavy (non-hydrogen) atoms. The van der Waals surface area contributed by atoms with E-state index in [0.717, 1.165) is 47.3 Å². The Hall–Kier alpha value is -0.260. The average molecular weight is 359 g/mol. The molecule has 0 aromatic carbocycles. The summed E-state index contributed by atoms with van der Waals surface area (Å²) in [4.78, 5) is 0. The van der Waals surface area contributed by atoms with Crippen LogP contribution in [0, 0.1) is 52.8 Å². The molecule has 0 nitrogen and oxygen atoms in total. The van der Waals surface area contributed by atoms with E-state index in [0.29, 0.717) is 5.41 Å². The lowest BCUT2D eigenvalue weighted by molar-refractivity contribution is -0.0670. The normalized spacial score (nSPS) is 47.3. The van der Waals surface area contributed by atoms with E-state index in [1.165, 1.54) is 37.7 Å². The Bertz CT molecular complexity index is 488.